The summed E-state index contributed by atoms with van der Waals surface area (Å²) in [7, 11) is 0. The van der Waals surface area contributed by atoms with Crippen molar-refractivity contribution >= 4 is 24.2 Å². The lowest BCUT2D eigenvalue weighted by Gasteiger charge is -2.35. The first-order valence-corrected chi connectivity index (χ1v) is 9.02. The summed E-state index contributed by atoms with van der Waals surface area (Å²) in [4.78, 5) is 26.7. The summed E-state index contributed by atoms with van der Waals surface area (Å²) in [5, 5.41) is 3.09. The second-order valence-corrected chi connectivity index (χ2v) is 6.71. The molecule has 0 atom stereocenters. The Morgan fingerprint density at radius 2 is 1.81 bits per heavy atom. The Labute approximate surface area is 160 Å². The van der Waals surface area contributed by atoms with Gasteiger partial charge in [0.25, 0.3) is 5.91 Å². The quantitative estimate of drug-likeness (QED) is 0.790. The molecule has 26 heavy (non-hydrogen) atoms. The molecule has 3 N–H and O–H groups in total. The van der Waals surface area contributed by atoms with Crippen molar-refractivity contribution in [2.24, 2.45) is 11.1 Å². The number of nitrogens with one attached hydrogen (secondary N) is 1. The van der Waals surface area contributed by atoms with Crippen LogP contribution in [0.25, 0.3) is 0 Å². The molecule has 1 aliphatic heterocycles. The number of nitrogens with two attached hydrogens (primary N) is 1. The summed E-state index contributed by atoms with van der Waals surface area (Å²) in [5.41, 5.74) is 5.41. The zero-order chi connectivity index (χ0) is 18.4. The SMILES string of the molecule is CCC(CC)(CN)C(=O)NC1CCN(C(=O)c2ccccc2F)CC1.Cl. The van der Waals surface area contributed by atoms with E-state index in [1.807, 2.05) is 13.8 Å². The number of benzene rings is 1. The molecule has 2 amide bonds. The van der Waals surface area contributed by atoms with Crippen LogP contribution < -0.4 is 11.1 Å². The molecule has 1 aromatic rings. The van der Waals surface area contributed by atoms with Crippen LogP contribution in [0.2, 0.25) is 0 Å². The Hall–Kier alpha value is -1.66. The predicted octanol–water partition coefficient (Wildman–Crippen LogP) is 2.73. The Balaban J connectivity index is 0.00000338. The summed E-state index contributed by atoms with van der Waals surface area (Å²) in [6.45, 7) is 5.30. The number of carbonyl (C=O) groups is 2. The Morgan fingerprint density at radius 3 is 2.31 bits per heavy atom. The monoisotopic (exact) mass is 385 g/mol. The van der Waals surface area contributed by atoms with Gasteiger partial charge in [-0.15, -0.1) is 12.4 Å². The van der Waals surface area contributed by atoms with Gasteiger partial charge in [0.05, 0.1) is 11.0 Å². The maximum absolute atomic E-state index is 13.8. The molecule has 7 heteroatoms. The molecule has 1 heterocycles. The number of halogens is 2. The van der Waals surface area contributed by atoms with Crippen LogP contribution in [-0.4, -0.2) is 42.4 Å². The van der Waals surface area contributed by atoms with Gasteiger partial charge in [-0.3, -0.25) is 9.59 Å². The number of likely N-dealkylation sites (tertiary alicyclic amines) is 1. The number of carbonyl (C=O) groups excluding carboxylic acids is 2. The Morgan fingerprint density at radius 1 is 1.23 bits per heavy atom. The normalized spacial score (nSPS) is 15.3. The molecular weight excluding hydrogens is 357 g/mol. The van der Waals surface area contributed by atoms with E-state index in [1.165, 1.54) is 12.1 Å². The first-order valence-electron chi connectivity index (χ1n) is 9.02. The molecule has 0 aromatic heterocycles. The van der Waals surface area contributed by atoms with E-state index in [1.54, 1.807) is 17.0 Å². The van der Waals surface area contributed by atoms with E-state index in [2.05, 4.69) is 5.32 Å². The molecule has 0 radical (unpaired) electrons. The van der Waals surface area contributed by atoms with Crippen LogP contribution in [0.5, 0.6) is 0 Å². The number of piperidine rings is 1. The molecule has 5 nitrogen and oxygen atoms in total. The molecule has 0 aliphatic carbocycles. The average molecular weight is 386 g/mol. The summed E-state index contributed by atoms with van der Waals surface area (Å²) < 4.78 is 13.8. The second-order valence-electron chi connectivity index (χ2n) is 6.71. The second kappa shape index (κ2) is 9.88. The first kappa shape index (κ1) is 22.4. The maximum atomic E-state index is 13.8. The van der Waals surface area contributed by atoms with Crippen molar-refractivity contribution in [2.75, 3.05) is 19.6 Å². The smallest absolute Gasteiger partial charge is 0.256 e. The lowest BCUT2D eigenvalue weighted by Crippen LogP contribution is -2.52. The minimum Gasteiger partial charge on any atom is -0.353 e. The van der Waals surface area contributed by atoms with Crippen molar-refractivity contribution in [3.8, 4) is 0 Å². The maximum Gasteiger partial charge on any atom is 0.256 e. The minimum absolute atomic E-state index is 0. The van der Waals surface area contributed by atoms with Gasteiger partial charge in [-0.1, -0.05) is 26.0 Å². The number of rotatable bonds is 6. The molecule has 1 aromatic carbocycles. The number of hydrogen-bond acceptors (Lipinski definition) is 3. The van der Waals surface area contributed by atoms with Crippen LogP contribution in [0.3, 0.4) is 0 Å². The number of nitrogens with zero attached hydrogens (tertiary/aromatic N) is 1. The van der Waals surface area contributed by atoms with Crippen molar-refractivity contribution < 1.29 is 14.0 Å². The topological polar surface area (TPSA) is 75.4 Å². The molecule has 146 valence electrons. The predicted molar refractivity (Wildman–Crippen MR) is 103 cm³/mol. The highest BCUT2D eigenvalue weighted by molar-refractivity contribution is 5.94. The summed E-state index contributed by atoms with van der Waals surface area (Å²) in [5.74, 6) is -0.790. The molecule has 1 aliphatic rings. The highest BCUT2D eigenvalue weighted by Crippen LogP contribution is 2.26. The molecule has 1 fully saturated rings. The molecule has 1 saturated heterocycles. The average Bonchev–Trinajstić information content (AvgIpc) is 2.64. The van der Waals surface area contributed by atoms with Crippen LogP contribution in [-0.2, 0) is 4.79 Å². The minimum atomic E-state index is -0.514. The van der Waals surface area contributed by atoms with E-state index >= 15 is 0 Å². The van der Waals surface area contributed by atoms with Gasteiger partial charge in [-0.25, -0.2) is 4.39 Å². The third kappa shape index (κ3) is 4.74. The number of amides is 2. The lowest BCUT2D eigenvalue weighted by atomic mass is 9.81. The van der Waals surface area contributed by atoms with Crippen molar-refractivity contribution in [1.29, 1.82) is 0 Å². The Kier molecular flexibility index (Phi) is 8.50. The van der Waals surface area contributed by atoms with E-state index in [4.69, 9.17) is 5.73 Å². The fourth-order valence-electron chi connectivity index (χ4n) is 3.32. The van der Waals surface area contributed by atoms with Gasteiger partial charge in [0.15, 0.2) is 0 Å². The van der Waals surface area contributed by atoms with E-state index in [0.29, 0.717) is 45.3 Å². The number of hydrogen-bond donors (Lipinski definition) is 2. The zero-order valence-electron chi connectivity index (χ0n) is 15.5. The van der Waals surface area contributed by atoms with Crippen molar-refractivity contribution in [3.05, 3.63) is 35.6 Å². The molecule has 2 rings (SSSR count). The molecule has 0 unspecified atom stereocenters. The highest BCUT2D eigenvalue weighted by atomic mass is 35.5. The third-order valence-corrected chi connectivity index (χ3v) is 5.45. The molecular formula is C19H29ClFN3O2. The lowest BCUT2D eigenvalue weighted by molar-refractivity contribution is -0.132. The van der Waals surface area contributed by atoms with Crippen LogP contribution in [0.1, 0.15) is 49.9 Å². The van der Waals surface area contributed by atoms with E-state index in [9.17, 15) is 14.0 Å². The fraction of sp³-hybridized carbons (Fsp3) is 0.579. The van der Waals surface area contributed by atoms with Crippen LogP contribution in [0, 0.1) is 11.2 Å². The standard InChI is InChI=1S/C19H28FN3O2.ClH/c1-3-19(4-2,13-21)18(25)22-14-9-11-23(12-10-14)17(24)15-7-5-6-8-16(15)20;/h5-8,14H,3-4,9-13,21H2,1-2H3,(H,22,25);1H. The van der Waals surface area contributed by atoms with Crippen LogP contribution >= 0.6 is 12.4 Å². The molecule has 0 bridgehead atoms. The van der Waals surface area contributed by atoms with Crippen LogP contribution in [0.4, 0.5) is 4.39 Å². The summed E-state index contributed by atoms with van der Waals surface area (Å²) in [6, 6.07) is 6.05. The van der Waals surface area contributed by atoms with Crippen molar-refractivity contribution in [1.82, 2.24) is 10.2 Å². The largest absolute Gasteiger partial charge is 0.353 e. The van der Waals surface area contributed by atoms with Gasteiger partial charge < -0.3 is 16.0 Å². The van der Waals surface area contributed by atoms with Gasteiger partial charge in [0.1, 0.15) is 5.82 Å². The third-order valence-electron chi connectivity index (χ3n) is 5.45. The highest BCUT2D eigenvalue weighted by Gasteiger charge is 2.35. The molecule has 0 spiro atoms. The summed E-state index contributed by atoms with van der Waals surface area (Å²) in [6.07, 6.45) is 2.74. The van der Waals surface area contributed by atoms with Gasteiger partial charge in [0, 0.05) is 25.7 Å². The van der Waals surface area contributed by atoms with Crippen LogP contribution in [0.15, 0.2) is 24.3 Å². The van der Waals surface area contributed by atoms with Crippen molar-refractivity contribution in [3.63, 3.8) is 0 Å². The van der Waals surface area contributed by atoms with E-state index in [0.717, 1.165) is 0 Å². The summed E-state index contributed by atoms with van der Waals surface area (Å²) >= 11 is 0. The zero-order valence-corrected chi connectivity index (χ0v) is 16.3. The molecule has 0 saturated carbocycles. The Bertz CT molecular complexity index is 606. The van der Waals surface area contributed by atoms with Crippen molar-refractivity contribution in [2.45, 2.75) is 45.6 Å². The van der Waals surface area contributed by atoms with Gasteiger partial charge >= 0.3 is 0 Å². The van der Waals surface area contributed by atoms with E-state index < -0.39 is 11.2 Å². The van der Waals surface area contributed by atoms with E-state index in [-0.39, 0.29) is 35.8 Å². The van der Waals surface area contributed by atoms with Gasteiger partial charge in [-0.2, -0.15) is 0 Å². The fourth-order valence-corrected chi connectivity index (χ4v) is 3.32. The first-order chi connectivity index (χ1) is 12.0. The van der Waals surface area contributed by atoms with Gasteiger partial charge in [0.2, 0.25) is 5.91 Å². The van der Waals surface area contributed by atoms with Gasteiger partial charge in [-0.05, 0) is 37.8 Å².